The van der Waals surface area contributed by atoms with Crippen LogP contribution < -0.4 is 10.2 Å². The number of amides is 1. The lowest BCUT2D eigenvalue weighted by molar-refractivity contribution is 0.102. The summed E-state index contributed by atoms with van der Waals surface area (Å²) in [5.41, 5.74) is 2.25. The fourth-order valence-electron chi connectivity index (χ4n) is 2.75. The molecule has 2 heterocycles. The van der Waals surface area contributed by atoms with Gasteiger partial charge in [-0.05, 0) is 43.4 Å². The van der Waals surface area contributed by atoms with Crippen LogP contribution in [0.3, 0.4) is 0 Å². The van der Waals surface area contributed by atoms with E-state index in [9.17, 15) is 4.79 Å². The molecule has 0 saturated carbocycles. The molecule has 1 aliphatic heterocycles. The van der Waals surface area contributed by atoms with Gasteiger partial charge in [-0.2, -0.15) is 0 Å². The number of carbonyl (C=O) groups is 1. The van der Waals surface area contributed by atoms with E-state index >= 15 is 0 Å². The van der Waals surface area contributed by atoms with Crippen LogP contribution in [0.5, 0.6) is 0 Å². The van der Waals surface area contributed by atoms with Crippen molar-refractivity contribution in [3.8, 4) is 0 Å². The van der Waals surface area contributed by atoms with E-state index in [1.807, 2.05) is 25.1 Å². The van der Waals surface area contributed by atoms with Gasteiger partial charge in [-0.25, -0.2) is 9.97 Å². The molecular formula is C18H21BrN4O. The van der Waals surface area contributed by atoms with Crippen LogP contribution in [-0.4, -0.2) is 29.0 Å². The Morgan fingerprint density at radius 1 is 1.25 bits per heavy atom. The highest BCUT2D eigenvalue weighted by atomic mass is 79.9. The third kappa shape index (κ3) is 3.93. The molecule has 0 unspecified atom stereocenters. The number of carbonyl (C=O) groups excluding carboxylic acids is 1. The van der Waals surface area contributed by atoms with Gasteiger partial charge >= 0.3 is 0 Å². The van der Waals surface area contributed by atoms with Crippen molar-refractivity contribution in [1.29, 1.82) is 0 Å². The zero-order valence-corrected chi connectivity index (χ0v) is 15.5. The maximum atomic E-state index is 12.5. The molecule has 1 saturated heterocycles. The van der Waals surface area contributed by atoms with Gasteiger partial charge in [0.1, 0.15) is 17.8 Å². The summed E-state index contributed by atoms with van der Waals surface area (Å²) in [4.78, 5) is 23.1. The van der Waals surface area contributed by atoms with Crippen LogP contribution in [-0.2, 0) is 0 Å². The van der Waals surface area contributed by atoms with Gasteiger partial charge in [0.2, 0.25) is 0 Å². The number of aryl methyl sites for hydroxylation is 1. The number of rotatable bonds is 3. The molecule has 5 nitrogen and oxygen atoms in total. The molecule has 1 aromatic heterocycles. The Labute approximate surface area is 150 Å². The van der Waals surface area contributed by atoms with E-state index in [0.717, 1.165) is 53.4 Å². The van der Waals surface area contributed by atoms with Gasteiger partial charge in [0.05, 0.1) is 0 Å². The number of nitrogens with zero attached hydrogens (tertiary/aromatic N) is 3. The van der Waals surface area contributed by atoms with Crippen molar-refractivity contribution in [3.05, 3.63) is 46.3 Å². The monoisotopic (exact) mass is 388 g/mol. The predicted octanol–water partition coefficient (Wildman–Crippen LogP) is 4.04. The highest BCUT2D eigenvalue weighted by molar-refractivity contribution is 9.10. The quantitative estimate of drug-likeness (QED) is 0.861. The van der Waals surface area contributed by atoms with Gasteiger partial charge in [0.15, 0.2) is 0 Å². The van der Waals surface area contributed by atoms with Crippen LogP contribution in [0.25, 0.3) is 0 Å². The van der Waals surface area contributed by atoms with E-state index in [1.54, 1.807) is 6.07 Å². The summed E-state index contributed by atoms with van der Waals surface area (Å²) >= 11 is 3.48. The molecule has 0 atom stereocenters. The fraction of sp³-hybridized carbons (Fsp3) is 0.389. The third-order valence-electron chi connectivity index (χ3n) is 4.42. The number of hydrogen-bond donors (Lipinski definition) is 1. The number of aromatic nitrogens is 2. The third-order valence-corrected chi connectivity index (χ3v) is 5.28. The zero-order chi connectivity index (χ0) is 17.1. The van der Waals surface area contributed by atoms with Crippen molar-refractivity contribution < 1.29 is 4.79 Å². The first-order chi connectivity index (χ1) is 11.5. The molecule has 0 radical (unpaired) electrons. The van der Waals surface area contributed by atoms with Crippen LogP contribution in [0.4, 0.5) is 11.5 Å². The first-order valence-electron chi connectivity index (χ1n) is 8.17. The topological polar surface area (TPSA) is 58.1 Å². The van der Waals surface area contributed by atoms with E-state index in [1.165, 1.54) is 6.33 Å². The van der Waals surface area contributed by atoms with E-state index in [-0.39, 0.29) is 5.91 Å². The van der Waals surface area contributed by atoms with Gasteiger partial charge in [-0.3, -0.25) is 4.79 Å². The average molecular weight is 389 g/mol. The molecule has 3 rings (SSSR count). The minimum absolute atomic E-state index is 0.222. The Morgan fingerprint density at radius 2 is 2.00 bits per heavy atom. The van der Waals surface area contributed by atoms with Gasteiger partial charge < -0.3 is 10.2 Å². The van der Waals surface area contributed by atoms with Crippen LogP contribution in [0.1, 0.15) is 35.8 Å². The van der Waals surface area contributed by atoms with E-state index in [0.29, 0.717) is 5.69 Å². The van der Waals surface area contributed by atoms with E-state index < -0.39 is 0 Å². The molecule has 1 aromatic carbocycles. The number of anilines is 2. The molecule has 1 amide bonds. The van der Waals surface area contributed by atoms with Crippen LogP contribution in [0, 0.1) is 12.8 Å². The molecule has 0 aliphatic carbocycles. The first-order valence-corrected chi connectivity index (χ1v) is 8.97. The second-order valence-electron chi connectivity index (χ2n) is 6.35. The number of piperidine rings is 1. The van der Waals surface area contributed by atoms with Crippen molar-refractivity contribution in [1.82, 2.24) is 9.97 Å². The Kier molecular flexibility index (Phi) is 5.14. The second-order valence-corrected chi connectivity index (χ2v) is 7.20. The predicted molar refractivity (Wildman–Crippen MR) is 99.5 cm³/mol. The maximum absolute atomic E-state index is 12.5. The molecule has 126 valence electrons. The van der Waals surface area contributed by atoms with Crippen molar-refractivity contribution >= 4 is 33.3 Å². The van der Waals surface area contributed by atoms with Gasteiger partial charge in [0, 0.05) is 29.3 Å². The van der Waals surface area contributed by atoms with Crippen molar-refractivity contribution in [2.24, 2.45) is 5.92 Å². The summed E-state index contributed by atoms with van der Waals surface area (Å²) in [6, 6.07) is 7.50. The summed E-state index contributed by atoms with van der Waals surface area (Å²) in [6.45, 7) is 6.23. The molecule has 1 aliphatic rings. The van der Waals surface area contributed by atoms with E-state index in [2.05, 4.69) is 43.0 Å². The summed E-state index contributed by atoms with van der Waals surface area (Å²) < 4.78 is 0.964. The molecule has 0 spiro atoms. The first kappa shape index (κ1) is 16.9. The maximum Gasteiger partial charge on any atom is 0.274 e. The lowest BCUT2D eigenvalue weighted by Gasteiger charge is -2.31. The molecule has 1 N–H and O–H groups in total. The van der Waals surface area contributed by atoms with Crippen LogP contribution in [0.15, 0.2) is 35.1 Å². The molecule has 1 fully saturated rings. The lowest BCUT2D eigenvalue weighted by atomic mass is 9.99. The molecule has 0 bridgehead atoms. The van der Waals surface area contributed by atoms with E-state index in [4.69, 9.17) is 0 Å². The second kappa shape index (κ2) is 7.30. The number of benzene rings is 1. The van der Waals surface area contributed by atoms with Gasteiger partial charge in [-0.15, -0.1) is 0 Å². The highest BCUT2D eigenvalue weighted by Gasteiger charge is 2.18. The van der Waals surface area contributed by atoms with Crippen molar-refractivity contribution in [2.45, 2.75) is 26.7 Å². The Hall–Kier alpha value is -1.95. The van der Waals surface area contributed by atoms with Crippen LogP contribution >= 0.6 is 15.9 Å². The standard InChI is InChI=1S/C18H21BrN4O/c1-12-5-7-23(8-6-12)17-10-16(20-11-21-17)18(24)22-14-4-3-13(2)15(19)9-14/h3-4,9-12H,5-8H2,1-2H3,(H,22,24). The number of nitrogens with one attached hydrogen (secondary N) is 1. The SMILES string of the molecule is Cc1ccc(NC(=O)c2cc(N3CCC(C)CC3)ncn2)cc1Br. The fourth-order valence-corrected chi connectivity index (χ4v) is 3.13. The summed E-state index contributed by atoms with van der Waals surface area (Å²) in [5, 5.41) is 2.89. The summed E-state index contributed by atoms with van der Waals surface area (Å²) in [7, 11) is 0. The number of hydrogen-bond acceptors (Lipinski definition) is 4. The average Bonchev–Trinajstić information content (AvgIpc) is 2.59. The molecule has 6 heteroatoms. The summed E-state index contributed by atoms with van der Waals surface area (Å²) in [6.07, 6.45) is 3.78. The Morgan fingerprint density at radius 3 is 2.71 bits per heavy atom. The smallest absolute Gasteiger partial charge is 0.274 e. The van der Waals surface area contributed by atoms with Crippen LogP contribution in [0.2, 0.25) is 0 Å². The summed E-state index contributed by atoms with van der Waals surface area (Å²) in [5.74, 6) is 1.36. The minimum atomic E-state index is -0.222. The highest BCUT2D eigenvalue weighted by Crippen LogP contribution is 2.23. The van der Waals surface area contributed by atoms with Crippen molar-refractivity contribution in [3.63, 3.8) is 0 Å². The minimum Gasteiger partial charge on any atom is -0.356 e. The molecule has 24 heavy (non-hydrogen) atoms. The normalized spacial score (nSPS) is 15.4. The number of halogens is 1. The Balaban J connectivity index is 1.73. The van der Waals surface area contributed by atoms with Gasteiger partial charge in [0.25, 0.3) is 5.91 Å². The Bertz CT molecular complexity index is 742. The van der Waals surface area contributed by atoms with Crippen molar-refractivity contribution in [2.75, 3.05) is 23.3 Å². The molecular weight excluding hydrogens is 368 g/mol. The van der Waals surface area contributed by atoms with Gasteiger partial charge in [-0.1, -0.05) is 28.9 Å². The zero-order valence-electron chi connectivity index (χ0n) is 13.9. The largest absolute Gasteiger partial charge is 0.356 e. The molecule has 2 aromatic rings. The lowest BCUT2D eigenvalue weighted by Crippen LogP contribution is -2.33.